The van der Waals surface area contributed by atoms with Gasteiger partial charge in [-0.25, -0.2) is 9.67 Å². The zero-order valence-corrected chi connectivity index (χ0v) is 17.1. The minimum atomic E-state index is -0.215. The molecule has 0 bridgehead atoms. The number of carbonyl (C=O) groups excluding carboxylic acids is 1. The van der Waals surface area contributed by atoms with E-state index in [0.29, 0.717) is 35.6 Å². The van der Waals surface area contributed by atoms with Crippen molar-refractivity contribution in [3.8, 4) is 5.69 Å². The molecule has 1 N–H and O–H groups in total. The standard InChI is InChI=1S/C23H27N5O2/c29-21(27-13-12-16-6-4-5-7-17(16)15-27)11-10-20-25-22-19(23(30)26-20)14-24-28(22)18-8-2-1-3-9-18/h1-3,8-9,14,16-17H,4-7,10-13,15H2,(H,25,26,30)/t16-,17+/m0/s1. The number of hydrogen-bond donors (Lipinski definition) is 1. The first-order valence-electron chi connectivity index (χ1n) is 11.0. The van der Waals surface area contributed by atoms with Gasteiger partial charge in [0.05, 0.1) is 11.9 Å². The van der Waals surface area contributed by atoms with Crippen LogP contribution >= 0.6 is 0 Å². The molecule has 0 spiro atoms. The van der Waals surface area contributed by atoms with Crippen molar-refractivity contribution in [3.63, 3.8) is 0 Å². The lowest BCUT2D eigenvalue weighted by atomic mass is 9.75. The summed E-state index contributed by atoms with van der Waals surface area (Å²) < 4.78 is 1.67. The second-order valence-corrected chi connectivity index (χ2v) is 8.57. The van der Waals surface area contributed by atoms with Crippen molar-refractivity contribution in [1.82, 2.24) is 24.6 Å². The van der Waals surface area contributed by atoms with Crippen LogP contribution in [-0.4, -0.2) is 43.6 Å². The van der Waals surface area contributed by atoms with Gasteiger partial charge < -0.3 is 9.88 Å². The Balaban J connectivity index is 1.31. The van der Waals surface area contributed by atoms with Gasteiger partial charge in [0.15, 0.2) is 5.65 Å². The van der Waals surface area contributed by atoms with E-state index >= 15 is 0 Å². The predicted molar refractivity (Wildman–Crippen MR) is 114 cm³/mol. The summed E-state index contributed by atoms with van der Waals surface area (Å²) in [7, 11) is 0. The number of likely N-dealkylation sites (tertiary alicyclic amines) is 1. The lowest BCUT2D eigenvalue weighted by Gasteiger charge is -2.41. The van der Waals surface area contributed by atoms with Crippen LogP contribution in [-0.2, 0) is 11.2 Å². The fourth-order valence-corrected chi connectivity index (χ4v) is 5.05. The Morgan fingerprint density at radius 3 is 2.73 bits per heavy atom. The number of benzene rings is 1. The van der Waals surface area contributed by atoms with E-state index in [1.165, 1.54) is 31.9 Å². The largest absolute Gasteiger partial charge is 0.342 e. The zero-order chi connectivity index (χ0) is 20.5. The van der Waals surface area contributed by atoms with E-state index in [1.807, 2.05) is 35.2 Å². The quantitative estimate of drug-likeness (QED) is 0.723. The number of carbonyl (C=O) groups is 1. The van der Waals surface area contributed by atoms with E-state index < -0.39 is 0 Å². The number of fused-ring (bicyclic) bond motifs is 2. The fourth-order valence-electron chi connectivity index (χ4n) is 5.05. The lowest BCUT2D eigenvalue weighted by molar-refractivity contribution is -0.134. The Bertz CT molecular complexity index is 1100. The molecule has 5 rings (SSSR count). The van der Waals surface area contributed by atoms with Crippen LogP contribution in [0, 0.1) is 11.8 Å². The average Bonchev–Trinajstić information content (AvgIpc) is 3.22. The third-order valence-electron chi connectivity index (χ3n) is 6.71. The van der Waals surface area contributed by atoms with Crippen LogP contribution in [0.3, 0.4) is 0 Å². The number of H-pyrrole nitrogens is 1. The molecule has 1 saturated carbocycles. The summed E-state index contributed by atoms with van der Waals surface area (Å²) in [6.07, 6.45) is 8.68. The van der Waals surface area contributed by atoms with E-state index in [4.69, 9.17) is 0 Å². The molecule has 0 radical (unpaired) electrons. The number of nitrogens with one attached hydrogen (secondary N) is 1. The first-order valence-corrected chi connectivity index (χ1v) is 11.0. The van der Waals surface area contributed by atoms with Gasteiger partial charge in [0.2, 0.25) is 5.91 Å². The molecule has 30 heavy (non-hydrogen) atoms. The molecular formula is C23H27N5O2. The van der Waals surface area contributed by atoms with Gasteiger partial charge in [-0.1, -0.05) is 37.5 Å². The molecule has 1 saturated heterocycles. The molecule has 7 heteroatoms. The third-order valence-corrected chi connectivity index (χ3v) is 6.71. The molecule has 2 aliphatic rings. The number of hydrogen-bond acceptors (Lipinski definition) is 4. The molecule has 1 amide bonds. The van der Waals surface area contributed by atoms with Crippen LogP contribution in [0.1, 0.15) is 44.3 Å². The van der Waals surface area contributed by atoms with E-state index in [9.17, 15) is 9.59 Å². The number of piperidine rings is 1. The first-order chi connectivity index (χ1) is 14.7. The van der Waals surface area contributed by atoms with Crippen molar-refractivity contribution >= 4 is 16.9 Å². The van der Waals surface area contributed by atoms with Crippen LogP contribution in [0.2, 0.25) is 0 Å². The van der Waals surface area contributed by atoms with Crippen molar-refractivity contribution in [1.29, 1.82) is 0 Å². The highest BCUT2D eigenvalue weighted by Gasteiger charge is 2.32. The second kappa shape index (κ2) is 8.05. The Kier molecular flexibility index (Phi) is 5.11. The third kappa shape index (κ3) is 3.64. The molecule has 1 aliphatic carbocycles. The first kappa shape index (κ1) is 19.0. The van der Waals surface area contributed by atoms with Gasteiger partial charge in [-0.3, -0.25) is 9.59 Å². The summed E-state index contributed by atoms with van der Waals surface area (Å²) in [5, 5.41) is 4.79. The van der Waals surface area contributed by atoms with Crippen molar-refractivity contribution in [3.05, 3.63) is 52.7 Å². The Labute approximate surface area is 175 Å². The van der Waals surface area contributed by atoms with Crippen molar-refractivity contribution in [2.75, 3.05) is 13.1 Å². The molecule has 1 aliphatic heterocycles. The molecule has 2 aromatic heterocycles. The van der Waals surface area contributed by atoms with Crippen molar-refractivity contribution in [2.45, 2.75) is 44.9 Å². The van der Waals surface area contributed by atoms with Gasteiger partial charge in [-0.15, -0.1) is 0 Å². The molecule has 3 aromatic rings. The highest BCUT2D eigenvalue weighted by Crippen LogP contribution is 2.36. The van der Waals surface area contributed by atoms with Crippen LogP contribution in [0.15, 0.2) is 41.3 Å². The number of aryl methyl sites for hydroxylation is 1. The maximum atomic E-state index is 12.8. The molecule has 156 valence electrons. The number of rotatable bonds is 4. The van der Waals surface area contributed by atoms with Gasteiger partial charge in [-0.05, 0) is 36.8 Å². The topological polar surface area (TPSA) is 83.9 Å². The lowest BCUT2D eigenvalue weighted by Crippen LogP contribution is -2.44. The predicted octanol–water partition coefficient (Wildman–Crippen LogP) is 3.08. The number of para-hydroxylation sites is 1. The van der Waals surface area contributed by atoms with Gasteiger partial charge >= 0.3 is 0 Å². The highest BCUT2D eigenvalue weighted by molar-refractivity contribution is 5.77. The maximum Gasteiger partial charge on any atom is 0.262 e. The molecule has 2 atom stereocenters. The summed E-state index contributed by atoms with van der Waals surface area (Å²) >= 11 is 0. The summed E-state index contributed by atoms with van der Waals surface area (Å²) in [5.74, 6) is 2.18. The summed E-state index contributed by atoms with van der Waals surface area (Å²) in [4.78, 5) is 34.8. The van der Waals surface area contributed by atoms with E-state index in [1.54, 1.807) is 4.68 Å². The molecule has 0 unspecified atom stereocenters. The summed E-state index contributed by atoms with van der Waals surface area (Å²) in [6.45, 7) is 1.76. The van der Waals surface area contributed by atoms with E-state index in [2.05, 4.69) is 15.1 Å². The molecule has 7 nitrogen and oxygen atoms in total. The minimum absolute atomic E-state index is 0.165. The molecular weight excluding hydrogens is 378 g/mol. The van der Waals surface area contributed by atoms with Crippen LogP contribution in [0.5, 0.6) is 0 Å². The van der Waals surface area contributed by atoms with Gasteiger partial charge in [0.25, 0.3) is 5.56 Å². The number of nitrogens with zero attached hydrogens (tertiary/aromatic N) is 4. The van der Waals surface area contributed by atoms with Crippen molar-refractivity contribution < 1.29 is 4.79 Å². The number of aromatic amines is 1. The van der Waals surface area contributed by atoms with Crippen LogP contribution in [0.4, 0.5) is 0 Å². The maximum absolute atomic E-state index is 12.8. The Hall–Kier alpha value is -2.96. The van der Waals surface area contributed by atoms with Crippen molar-refractivity contribution in [2.24, 2.45) is 11.8 Å². The average molecular weight is 406 g/mol. The Morgan fingerprint density at radius 2 is 1.90 bits per heavy atom. The smallest absolute Gasteiger partial charge is 0.262 e. The van der Waals surface area contributed by atoms with Gasteiger partial charge in [-0.2, -0.15) is 5.10 Å². The zero-order valence-electron chi connectivity index (χ0n) is 17.1. The molecule has 3 heterocycles. The summed E-state index contributed by atoms with van der Waals surface area (Å²) in [6, 6.07) is 9.62. The van der Waals surface area contributed by atoms with Gasteiger partial charge in [0, 0.05) is 25.9 Å². The minimum Gasteiger partial charge on any atom is -0.342 e. The normalized spacial score (nSPS) is 21.5. The fraction of sp³-hybridized carbons (Fsp3) is 0.478. The second-order valence-electron chi connectivity index (χ2n) is 8.57. The van der Waals surface area contributed by atoms with Gasteiger partial charge in [0.1, 0.15) is 11.2 Å². The SMILES string of the molecule is O=C(CCc1nc2c(cnn2-c2ccccc2)c(=O)[nH]1)N1CC[C@@H]2CCCC[C@@H]2C1. The van der Waals surface area contributed by atoms with Crippen LogP contribution in [0.25, 0.3) is 16.7 Å². The molecule has 2 fully saturated rings. The van der Waals surface area contributed by atoms with Crippen LogP contribution < -0.4 is 5.56 Å². The highest BCUT2D eigenvalue weighted by atomic mass is 16.2. The monoisotopic (exact) mass is 405 g/mol. The van der Waals surface area contributed by atoms with E-state index in [0.717, 1.165) is 31.1 Å². The Morgan fingerprint density at radius 1 is 1.10 bits per heavy atom. The number of amides is 1. The van der Waals surface area contributed by atoms with E-state index in [-0.39, 0.29) is 11.5 Å². The molecule has 1 aromatic carbocycles. The number of aromatic nitrogens is 4. The summed E-state index contributed by atoms with van der Waals surface area (Å²) in [5.41, 5.74) is 1.16.